The molecule has 1 aliphatic rings. The highest BCUT2D eigenvalue weighted by molar-refractivity contribution is 7.92. The van der Waals surface area contributed by atoms with E-state index >= 15 is 0 Å². The van der Waals surface area contributed by atoms with Crippen LogP contribution in [0, 0.1) is 17.0 Å². The Morgan fingerprint density at radius 3 is 2.38 bits per heavy atom. The third-order valence-corrected chi connectivity index (χ3v) is 4.08. The van der Waals surface area contributed by atoms with Crippen LogP contribution in [0.1, 0.15) is 24.8 Å². The number of nitrogens with zero attached hydrogens (tertiary/aromatic N) is 2. The molecule has 0 radical (unpaired) electrons. The van der Waals surface area contributed by atoms with Crippen LogP contribution in [0.4, 0.5) is 17.1 Å². The van der Waals surface area contributed by atoms with Crippen LogP contribution in [0.2, 0.25) is 0 Å². The third-order valence-electron chi connectivity index (χ3n) is 3.48. The van der Waals surface area contributed by atoms with E-state index in [1.807, 2.05) is 0 Å². The highest BCUT2D eigenvalue weighted by Crippen LogP contribution is 2.34. The van der Waals surface area contributed by atoms with E-state index in [2.05, 4.69) is 9.62 Å². The molecular weight excluding hydrogens is 294 g/mol. The van der Waals surface area contributed by atoms with E-state index in [9.17, 15) is 18.5 Å². The van der Waals surface area contributed by atoms with Gasteiger partial charge in [-0.15, -0.1) is 0 Å². The molecule has 0 amide bonds. The minimum absolute atomic E-state index is 0.0306. The maximum absolute atomic E-state index is 11.4. The second kappa shape index (κ2) is 5.88. The lowest BCUT2D eigenvalue weighted by molar-refractivity contribution is -0.384. The van der Waals surface area contributed by atoms with Crippen LogP contribution in [-0.4, -0.2) is 32.7 Å². The number of nitro benzene ring substituents is 1. The van der Waals surface area contributed by atoms with Crippen LogP contribution in [0.3, 0.4) is 0 Å². The summed E-state index contributed by atoms with van der Waals surface area (Å²) in [5.41, 5.74) is 1.11. The molecule has 1 aliphatic heterocycles. The van der Waals surface area contributed by atoms with Crippen LogP contribution < -0.4 is 9.62 Å². The van der Waals surface area contributed by atoms with Crippen molar-refractivity contribution in [2.45, 2.75) is 26.2 Å². The fourth-order valence-electron chi connectivity index (χ4n) is 2.62. The SMILES string of the molecule is Cc1cc(N2CCCCC2)cc(NS(C)(=O)=O)c1[N+](=O)[O-]. The lowest BCUT2D eigenvalue weighted by atomic mass is 10.1. The number of anilines is 2. The molecule has 1 aromatic rings. The Bertz CT molecular complexity index is 652. The standard InChI is InChI=1S/C13H19N3O4S/c1-10-8-11(15-6-4-3-5-7-15)9-12(13(10)16(17)18)14-21(2,19)20/h8-9,14H,3-7H2,1-2H3. The molecule has 1 fully saturated rings. The van der Waals surface area contributed by atoms with Crippen molar-refractivity contribution in [3.63, 3.8) is 0 Å². The zero-order valence-electron chi connectivity index (χ0n) is 12.1. The molecule has 0 spiro atoms. The summed E-state index contributed by atoms with van der Waals surface area (Å²) in [4.78, 5) is 12.8. The summed E-state index contributed by atoms with van der Waals surface area (Å²) in [6.45, 7) is 3.39. The minimum atomic E-state index is -3.57. The van der Waals surface area contributed by atoms with Crippen molar-refractivity contribution in [2.24, 2.45) is 0 Å². The van der Waals surface area contributed by atoms with Crippen molar-refractivity contribution >= 4 is 27.1 Å². The smallest absolute Gasteiger partial charge is 0.296 e. The van der Waals surface area contributed by atoms with Crippen LogP contribution in [0.25, 0.3) is 0 Å². The number of sulfonamides is 1. The molecular formula is C13H19N3O4S. The number of hydrogen-bond acceptors (Lipinski definition) is 5. The molecule has 7 nitrogen and oxygen atoms in total. The first-order valence-electron chi connectivity index (χ1n) is 6.80. The Labute approximate surface area is 124 Å². The van der Waals surface area contributed by atoms with E-state index in [-0.39, 0.29) is 11.4 Å². The van der Waals surface area contributed by atoms with E-state index in [1.165, 1.54) is 6.42 Å². The number of rotatable bonds is 4. The molecule has 0 unspecified atom stereocenters. The summed E-state index contributed by atoms with van der Waals surface area (Å²) in [5.74, 6) is 0. The van der Waals surface area contributed by atoms with Crippen LogP contribution in [-0.2, 0) is 10.0 Å². The Morgan fingerprint density at radius 2 is 1.86 bits per heavy atom. The first kappa shape index (κ1) is 15.6. The number of hydrogen-bond donors (Lipinski definition) is 1. The van der Waals surface area contributed by atoms with Gasteiger partial charge in [-0.1, -0.05) is 0 Å². The molecule has 1 aromatic carbocycles. The van der Waals surface area contributed by atoms with Gasteiger partial charge in [-0.2, -0.15) is 0 Å². The molecule has 116 valence electrons. The van der Waals surface area contributed by atoms with Gasteiger partial charge in [0.1, 0.15) is 5.69 Å². The van der Waals surface area contributed by atoms with Gasteiger partial charge < -0.3 is 4.90 Å². The van der Waals surface area contributed by atoms with E-state index in [1.54, 1.807) is 19.1 Å². The highest BCUT2D eigenvalue weighted by Gasteiger charge is 2.23. The minimum Gasteiger partial charge on any atom is -0.371 e. The largest absolute Gasteiger partial charge is 0.371 e. The number of nitro groups is 1. The average molecular weight is 313 g/mol. The van der Waals surface area contributed by atoms with Gasteiger partial charge in [-0.25, -0.2) is 8.42 Å². The zero-order valence-corrected chi connectivity index (χ0v) is 12.9. The summed E-state index contributed by atoms with van der Waals surface area (Å²) < 4.78 is 25.1. The zero-order chi connectivity index (χ0) is 15.6. The normalized spacial score (nSPS) is 15.8. The Morgan fingerprint density at radius 1 is 1.24 bits per heavy atom. The third kappa shape index (κ3) is 3.84. The molecule has 8 heteroatoms. The van der Waals surface area contributed by atoms with Crippen molar-refractivity contribution in [1.29, 1.82) is 0 Å². The topological polar surface area (TPSA) is 92.6 Å². The molecule has 1 N–H and O–H groups in total. The van der Waals surface area contributed by atoms with Gasteiger partial charge in [0.15, 0.2) is 0 Å². The second-order valence-electron chi connectivity index (χ2n) is 5.34. The van der Waals surface area contributed by atoms with E-state index in [0.717, 1.165) is 37.9 Å². The molecule has 0 atom stereocenters. The van der Waals surface area contributed by atoms with Gasteiger partial charge in [-0.3, -0.25) is 14.8 Å². The monoisotopic (exact) mass is 313 g/mol. The molecule has 2 rings (SSSR count). The van der Waals surface area contributed by atoms with Crippen molar-refractivity contribution < 1.29 is 13.3 Å². The van der Waals surface area contributed by atoms with Crippen molar-refractivity contribution in [3.05, 3.63) is 27.8 Å². The molecule has 1 heterocycles. The predicted octanol–water partition coefficient (Wildman–Crippen LogP) is 2.27. The molecule has 0 aliphatic carbocycles. The van der Waals surface area contributed by atoms with Crippen molar-refractivity contribution in [1.82, 2.24) is 0 Å². The first-order chi connectivity index (χ1) is 9.78. The lowest BCUT2D eigenvalue weighted by Crippen LogP contribution is -2.29. The van der Waals surface area contributed by atoms with Gasteiger partial charge in [0.2, 0.25) is 10.0 Å². The highest BCUT2D eigenvalue weighted by atomic mass is 32.2. The molecule has 21 heavy (non-hydrogen) atoms. The van der Waals surface area contributed by atoms with Gasteiger partial charge in [0.05, 0.1) is 11.2 Å². The van der Waals surface area contributed by atoms with Gasteiger partial charge in [0, 0.05) is 24.3 Å². The summed E-state index contributed by atoms with van der Waals surface area (Å²) in [6.07, 6.45) is 4.31. The summed E-state index contributed by atoms with van der Waals surface area (Å²) in [7, 11) is -3.57. The lowest BCUT2D eigenvalue weighted by Gasteiger charge is -2.29. The maximum atomic E-state index is 11.4. The van der Waals surface area contributed by atoms with Crippen molar-refractivity contribution in [3.8, 4) is 0 Å². The Balaban J connectivity index is 2.47. The van der Waals surface area contributed by atoms with Gasteiger partial charge in [0.25, 0.3) is 5.69 Å². The number of aryl methyl sites for hydroxylation is 1. The number of piperidine rings is 1. The predicted molar refractivity (Wildman–Crippen MR) is 82.4 cm³/mol. The van der Waals surface area contributed by atoms with Gasteiger partial charge in [-0.05, 0) is 38.3 Å². The Hall–Kier alpha value is -1.83. The molecule has 0 bridgehead atoms. The summed E-state index contributed by atoms with van der Waals surface area (Å²) >= 11 is 0. The molecule has 0 saturated carbocycles. The quantitative estimate of drug-likeness (QED) is 0.680. The maximum Gasteiger partial charge on any atom is 0.296 e. The molecule has 0 aromatic heterocycles. The van der Waals surface area contributed by atoms with E-state index < -0.39 is 14.9 Å². The average Bonchev–Trinajstić information content (AvgIpc) is 2.36. The number of benzene rings is 1. The summed E-state index contributed by atoms with van der Waals surface area (Å²) in [5, 5.41) is 11.2. The van der Waals surface area contributed by atoms with Crippen LogP contribution in [0.5, 0.6) is 0 Å². The fraction of sp³-hybridized carbons (Fsp3) is 0.538. The van der Waals surface area contributed by atoms with E-state index in [4.69, 9.17) is 0 Å². The van der Waals surface area contributed by atoms with Crippen LogP contribution in [0.15, 0.2) is 12.1 Å². The van der Waals surface area contributed by atoms with Crippen LogP contribution >= 0.6 is 0 Å². The van der Waals surface area contributed by atoms with E-state index in [0.29, 0.717) is 5.56 Å². The number of nitrogens with one attached hydrogen (secondary N) is 1. The summed E-state index contributed by atoms with van der Waals surface area (Å²) in [6, 6.07) is 3.30. The van der Waals surface area contributed by atoms with Gasteiger partial charge >= 0.3 is 0 Å². The first-order valence-corrected chi connectivity index (χ1v) is 8.69. The fourth-order valence-corrected chi connectivity index (χ4v) is 3.17. The van der Waals surface area contributed by atoms with Crippen molar-refractivity contribution in [2.75, 3.05) is 29.0 Å². The molecule has 1 saturated heterocycles. The Kier molecular flexibility index (Phi) is 4.36. The second-order valence-corrected chi connectivity index (χ2v) is 7.09.